The van der Waals surface area contributed by atoms with Gasteiger partial charge in [0, 0.05) is 45.2 Å². The first-order chi connectivity index (χ1) is 10.1. The maximum Gasteiger partial charge on any atom is 0.255 e. The monoisotopic (exact) mass is 293 g/mol. The summed E-state index contributed by atoms with van der Waals surface area (Å²) in [5, 5.41) is 3.27. The zero-order chi connectivity index (χ0) is 15.7. The van der Waals surface area contributed by atoms with Crippen LogP contribution in [0, 0.1) is 0 Å². The van der Waals surface area contributed by atoms with E-state index in [0.717, 1.165) is 44.7 Å². The maximum absolute atomic E-state index is 12.1. The summed E-state index contributed by atoms with van der Waals surface area (Å²) in [6.45, 7) is 4.45. The molecule has 5 nitrogen and oxygen atoms in total. The van der Waals surface area contributed by atoms with Crippen molar-refractivity contribution >= 4 is 17.3 Å². The smallest absolute Gasteiger partial charge is 0.255 e. The van der Waals surface area contributed by atoms with Crippen LogP contribution in [0.1, 0.15) is 36.5 Å². The molecule has 1 rings (SSSR count). The highest BCUT2D eigenvalue weighted by molar-refractivity contribution is 5.99. The van der Waals surface area contributed by atoms with E-state index < -0.39 is 0 Å². The number of hydrogen-bond acceptors (Lipinski definition) is 4. The zero-order valence-corrected chi connectivity index (χ0v) is 13.3. The molecule has 0 saturated carbocycles. The van der Waals surface area contributed by atoms with E-state index in [9.17, 15) is 4.79 Å². The minimum absolute atomic E-state index is 0.0308. The van der Waals surface area contributed by atoms with Crippen molar-refractivity contribution in [3.05, 3.63) is 23.8 Å². The molecule has 118 valence electrons. The highest BCUT2D eigenvalue weighted by atomic mass is 16.5. The number of carbonyl (C=O) groups excluding carboxylic acids is 1. The van der Waals surface area contributed by atoms with Crippen LogP contribution in [-0.4, -0.2) is 44.7 Å². The predicted octanol–water partition coefficient (Wildman–Crippen LogP) is 2.59. The Morgan fingerprint density at radius 3 is 2.67 bits per heavy atom. The van der Waals surface area contributed by atoms with E-state index in [1.165, 1.54) is 0 Å². The lowest BCUT2D eigenvalue weighted by Crippen LogP contribution is -2.23. The van der Waals surface area contributed by atoms with E-state index in [4.69, 9.17) is 10.5 Å². The fourth-order valence-electron chi connectivity index (χ4n) is 1.88. The van der Waals surface area contributed by atoms with Crippen LogP contribution in [0.5, 0.6) is 0 Å². The SMILES string of the molecule is CCCCOCCCNc1cc(N)ccc1C(=O)N(C)C. The summed E-state index contributed by atoms with van der Waals surface area (Å²) in [4.78, 5) is 13.7. The number of nitrogens with one attached hydrogen (secondary N) is 1. The Hall–Kier alpha value is -1.75. The first-order valence-electron chi connectivity index (χ1n) is 7.49. The van der Waals surface area contributed by atoms with Gasteiger partial charge in [0.05, 0.1) is 5.56 Å². The lowest BCUT2D eigenvalue weighted by Gasteiger charge is -2.16. The summed E-state index contributed by atoms with van der Waals surface area (Å²) in [5.41, 5.74) is 7.86. The molecule has 0 radical (unpaired) electrons. The van der Waals surface area contributed by atoms with E-state index in [2.05, 4.69) is 12.2 Å². The fourth-order valence-corrected chi connectivity index (χ4v) is 1.88. The van der Waals surface area contributed by atoms with Gasteiger partial charge in [-0.25, -0.2) is 0 Å². The minimum Gasteiger partial charge on any atom is -0.399 e. The van der Waals surface area contributed by atoms with E-state index in [-0.39, 0.29) is 5.91 Å². The van der Waals surface area contributed by atoms with Gasteiger partial charge >= 0.3 is 0 Å². The van der Waals surface area contributed by atoms with Crippen LogP contribution in [0.2, 0.25) is 0 Å². The van der Waals surface area contributed by atoms with Gasteiger partial charge in [0.2, 0.25) is 0 Å². The van der Waals surface area contributed by atoms with Crippen LogP contribution in [0.3, 0.4) is 0 Å². The number of benzene rings is 1. The van der Waals surface area contributed by atoms with Crippen LogP contribution in [-0.2, 0) is 4.74 Å². The van der Waals surface area contributed by atoms with Crippen LogP contribution >= 0.6 is 0 Å². The second-order valence-electron chi connectivity index (χ2n) is 5.25. The van der Waals surface area contributed by atoms with Crippen molar-refractivity contribution in [3.8, 4) is 0 Å². The summed E-state index contributed by atoms with van der Waals surface area (Å²) in [5.74, 6) is -0.0308. The predicted molar refractivity (Wildman–Crippen MR) is 87.7 cm³/mol. The molecule has 0 unspecified atom stereocenters. The first kappa shape index (κ1) is 17.3. The molecule has 0 spiro atoms. The summed E-state index contributed by atoms with van der Waals surface area (Å²) in [7, 11) is 3.48. The van der Waals surface area contributed by atoms with Crippen molar-refractivity contribution < 1.29 is 9.53 Å². The number of amides is 1. The van der Waals surface area contributed by atoms with Gasteiger partial charge in [-0.05, 0) is 31.0 Å². The third-order valence-electron chi connectivity index (χ3n) is 3.10. The quantitative estimate of drug-likeness (QED) is 0.542. The van der Waals surface area contributed by atoms with Gasteiger partial charge in [-0.3, -0.25) is 4.79 Å². The number of nitrogens with zero attached hydrogens (tertiary/aromatic N) is 1. The van der Waals surface area contributed by atoms with Gasteiger partial charge in [0.25, 0.3) is 5.91 Å². The fraction of sp³-hybridized carbons (Fsp3) is 0.562. The molecule has 0 bridgehead atoms. The molecule has 21 heavy (non-hydrogen) atoms. The molecule has 0 aliphatic carbocycles. The van der Waals surface area contributed by atoms with E-state index in [1.807, 2.05) is 0 Å². The molecule has 1 aromatic carbocycles. The highest BCUT2D eigenvalue weighted by Gasteiger charge is 2.13. The lowest BCUT2D eigenvalue weighted by atomic mass is 10.1. The average Bonchev–Trinajstić information content (AvgIpc) is 2.45. The van der Waals surface area contributed by atoms with Crippen molar-refractivity contribution in [2.75, 3.05) is 44.9 Å². The van der Waals surface area contributed by atoms with Crippen molar-refractivity contribution in [1.82, 2.24) is 4.90 Å². The largest absolute Gasteiger partial charge is 0.399 e. The third kappa shape index (κ3) is 6.04. The summed E-state index contributed by atoms with van der Waals surface area (Å²) in [6.07, 6.45) is 3.15. The van der Waals surface area contributed by atoms with Crippen LogP contribution in [0.15, 0.2) is 18.2 Å². The molecule has 0 aliphatic rings. The van der Waals surface area contributed by atoms with Gasteiger partial charge < -0.3 is 20.7 Å². The lowest BCUT2D eigenvalue weighted by molar-refractivity contribution is 0.0828. The average molecular weight is 293 g/mol. The molecular formula is C16H27N3O2. The van der Waals surface area contributed by atoms with Gasteiger partial charge in [0.1, 0.15) is 0 Å². The summed E-state index contributed by atoms with van der Waals surface area (Å²) >= 11 is 0. The molecule has 5 heteroatoms. The molecule has 0 aromatic heterocycles. The number of carbonyl (C=O) groups is 1. The first-order valence-corrected chi connectivity index (χ1v) is 7.49. The number of nitrogens with two attached hydrogens (primary N) is 1. The Morgan fingerprint density at radius 2 is 2.00 bits per heavy atom. The Morgan fingerprint density at radius 1 is 1.29 bits per heavy atom. The number of nitrogen functional groups attached to an aromatic ring is 1. The normalized spacial score (nSPS) is 10.4. The zero-order valence-electron chi connectivity index (χ0n) is 13.3. The van der Waals surface area contributed by atoms with Crippen molar-refractivity contribution in [1.29, 1.82) is 0 Å². The Balaban J connectivity index is 2.50. The van der Waals surface area contributed by atoms with Gasteiger partial charge in [-0.2, -0.15) is 0 Å². The van der Waals surface area contributed by atoms with Gasteiger partial charge in [-0.1, -0.05) is 13.3 Å². The topological polar surface area (TPSA) is 67.6 Å². The second-order valence-corrected chi connectivity index (χ2v) is 5.25. The summed E-state index contributed by atoms with van der Waals surface area (Å²) < 4.78 is 5.51. The molecular weight excluding hydrogens is 266 g/mol. The third-order valence-corrected chi connectivity index (χ3v) is 3.10. The van der Waals surface area contributed by atoms with Crippen LogP contribution in [0.4, 0.5) is 11.4 Å². The molecule has 3 N–H and O–H groups in total. The van der Waals surface area contributed by atoms with Crippen molar-refractivity contribution in [2.24, 2.45) is 0 Å². The Bertz CT molecular complexity index is 447. The molecule has 0 saturated heterocycles. The number of rotatable bonds is 9. The number of hydrogen-bond donors (Lipinski definition) is 2. The molecule has 1 aromatic rings. The van der Waals surface area contributed by atoms with Crippen molar-refractivity contribution in [2.45, 2.75) is 26.2 Å². The van der Waals surface area contributed by atoms with E-state index >= 15 is 0 Å². The van der Waals surface area contributed by atoms with Crippen LogP contribution < -0.4 is 11.1 Å². The second kappa shape index (κ2) is 9.23. The van der Waals surface area contributed by atoms with Crippen LogP contribution in [0.25, 0.3) is 0 Å². The minimum atomic E-state index is -0.0308. The Kier molecular flexibility index (Phi) is 7.61. The standard InChI is InChI=1S/C16H27N3O2/c1-4-5-10-21-11-6-9-18-15-12-13(17)7-8-14(15)16(20)19(2)3/h7-8,12,18H,4-6,9-11,17H2,1-3H3. The number of anilines is 2. The number of unbranched alkanes of at least 4 members (excludes halogenated alkanes) is 1. The molecule has 0 fully saturated rings. The molecule has 0 heterocycles. The molecule has 0 atom stereocenters. The highest BCUT2D eigenvalue weighted by Crippen LogP contribution is 2.20. The van der Waals surface area contributed by atoms with E-state index in [1.54, 1.807) is 37.2 Å². The summed E-state index contributed by atoms with van der Waals surface area (Å²) in [6, 6.07) is 5.31. The number of ether oxygens (including phenoxy) is 1. The molecule has 0 aliphatic heterocycles. The van der Waals surface area contributed by atoms with Gasteiger partial charge in [0.15, 0.2) is 0 Å². The van der Waals surface area contributed by atoms with Crippen molar-refractivity contribution in [3.63, 3.8) is 0 Å². The maximum atomic E-state index is 12.1. The van der Waals surface area contributed by atoms with Gasteiger partial charge in [-0.15, -0.1) is 0 Å². The molecule has 1 amide bonds. The van der Waals surface area contributed by atoms with E-state index in [0.29, 0.717) is 11.3 Å². The Labute approximate surface area is 127 Å².